The van der Waals surface area contributed by atoms with Gasteiger partial charge in [-0.25, -0.2) is 13.6 Å². The molecule has 28 heavy (non-hydrogen) atoms. The number of hydrogen-bond acceptors (Lipinski definition) is 4. The fourth-order valence-corrected chi connectivity index (χ4v) is 3.54. The van der Waals surface area contributed by atoms with Crippen LogP contribution in [0.1, 0.15) is 19.3 Å². The molecule has 0 atom stereocenters. The van der Waals surface area contributed by atoms with E-state index in [4.69, 9.17) is 4.42 Å². The van der Waals surface area contributed by atoms with Gasteiger partial charge in [0.15, 0.2) is 17.2 Å². The van der Waals surface area contributed by atoms with Gasteiger partial charge < -0.3 is 14.6 Å². The highest BCUT2D eigenvalue weighted by Gasteiger charge is 2.21. The van der Waals surface area contributed by atoms with Gasteiger partial charge in [0.25, 0.3) is 0 Å². The number of aryl methyl sites for hydroxylation is 1. The number of carbonyl (C=O) groups excluding carboxylic acids is 1. The van der Waals surface area contributed by atoms with Crippen LogP contribution < -0.4 is 16.0 Å². The number of nitrogens with zero attached hydrogens (tertiary/aromatic N) is 2. The van der Waals surface area contributed by atoms with E-state index in [9.17, 15) is 18.4 Å². The molecule has 0 aliphatic carbocycles. The summed E-state index contributed by atoms with van der Waals surface area (Å²) < 4.78 is 35.2. The molecule has 0 saturated carbocycles. The molecule has 0 unspecified atom stereocenters. The standard InChI is InChI=1S/C20H19F2N3O3/c21-14-11-13(12-15(22)19(14)24-8-3-4-9-24)23-18(26)7-10-25-16-5-1-2-6-17(16)28-20(25)27/h1-2,5-6,11-12H,3-4,7-10H2,(H,23,26). The molecule has 0 radical (unpaired) electrons. The third-order valence-electron chi connectivity index (χ3n) is 4.86. The van der Waals surface area contributed by atoms with E-state index in [-0.39, 0.29) is 24.3 Å². The lowest BCUT2D eigenvalue weighted by Crippen LogP contribution is -2.22. The molecule has 3 aromatic rings. The minimum Gasteiger partial charge on any atom is -0.408 e. The first-order valence-corrected chi connectivity index (χ1v) is 9.15. The zero-order valence-electron chi connectivity index (χ0n) is 15.1. The molecule has 0 spiro atoms. The van der Waals surface area contributed by atoms with Crippen molar-refractivity contribution in [3.05, 3.63) is 58.6 Å². The molecule has 1 aliphatic rings. The molecule has 1 fully saturated rings. The molecular formula is C20H19F2N3O3. The van der Waals surface area contributed by atoms with Crippen LogP contribution >= 0.6 is 0 Å². The highest BCUT2D eigenvalue weighted by Crippen LogP contribution is 2.29. The van der Waals surface area contributed by atoms with Crippen molar-refractivity contribution in [1.82, 2.24) is 4.57 Å². The number of hydrogen-bond donors (Lipinski definition) is 1. The summed E-state index contributed by atoms with van der Waals surface area (Å²) in [5.74, 6) is -2.41. The SMILES string of the molecule is O=C(CCn1c(=O)oc2ccccc21)Nc1cc(F)c(N2CCCC2)c(F)c1. The van der Waals surface area contributed by atoms with E-state index >= 15 is 0 Å². The van der Waals surface area contributed by atoms with E-state index in [1.165, 1.54) is 4.57 Å². The van der Waals surface area contributed by atoms with Crippen molar-refractivity contribution in [2.75, 3.05) is 23.3 Å². The third-order valence-corrected chi connectivity index (χ3v) is 4.86. The number of rotatable bonds is 5. The van der Waals surface area contributed by atoms with Crippen LogP contribution in [-0.4, -0.2) is 23.6 Å². The van der Waals surface area contributed by atoms with Gasteiger partial charge in [0.2, 0.25) is 5.91 Å². The predicted octanol–water partition coefficient (Wildman–Crippen LogP) is 3.50. The molecule has 1 saturated heterocycles. The quantitative estimate of drug-likeness (QED) is 0.728. The Kier molecular flexibility index (Phi) is 4.85. The van der Waals surface area contributed by atoms with Crippen LogP contribution in [0, 0.1) is 11.6 Å². The smallest absolute Gasteiger partial charge is 0.408 e. The van der Waals surface area contributed by atoms with Crippen molar-refractivity contribution >= 4 is 28.4 Å². The maximum absolute atomic E-state index is 14.4. The first-order valence-electron chi connectivity index (χ1n) is 9.15. The molecule has 2 aromatic carbocycles. The lowest BCUT2D eigenvalue weighted by atomic mass is 10.2. The van der Waals surface area contributed by atoms with Gasteiger partial charge in [0.1, 0.15) is 5.69 Å². The van der Waals surface area contributed by atoms with Crippen LogP contribution in [0.4, 0.5) is 20.2 Å². The zero-order valence-corrected chi connectivity index (χ0v) is 15.1. The van der Waals surface area contributed by atoms with E-state index < -0.39 is 23.3 Å². The summed E-state index contributed by atoms with van der Waals surface area (Å²) in [5, 5.41) is 2.49. The second-order valence-corrected chi connectivity index (χ2v) is 6.77. The van der Waals surface area contributed by atoms with Crippen LogP contribution in [0.2, 0.25) is 0 Å². The number of carbonyl (C=O) groups is 1. The van der Waals surface area contributed by atoms with Crippen LogP contribution in [0.25, 0.3) is 11.1 Å². The summed E-state index contributed by atoms with van der Waals surface area (Å²) in [7, 11) is 0. The largest absolute Gasteiger partial charge is 0.419 e. The molecular weight excluding hydrogens is 368 g/mol. The van der Waals surface area contributed by atoms with Gasteiger partial charge in [0.05, 0.1) is 5.52 Å². The first-order chi connectivity index (χ1) is 13.5. The normalized spacial score (nSPS) is 14.0. The van der Waals surface area contributed by atoms with Crippen LogP contribution in [0.3, 0.4) is 0 Å². The maximum Gasteiger partial charge on any atom is 0.419 e. The van der Waals surface area contributed by atoms with Crippen molar-refractivity contribution in [1.29, 1.82) is 0 Å². The van der Waals surface area contributed by atoms with E-state index in [0.717, 1.165) is 25.0 Å². The van der Waals surface area contributed by atoms with Gasteiger partial charge in [0, 0.05) is 31.7 Å². The summed E-state index contributed by atoms with van der Waals surface area (Å²) in [4.78, 5) is 25.8. The number of para-hydroxylation sites is 2. The number of halogens is 2. The Morgan fingerprint density at radius 1 is 1.11 bits per heavy atom. The van der Waals surface area contributed by atoms with Crippen LogP contribution in [0.15, 0.2) is 45.6 Å². The number of nitrogens with one attached hydrogen (secondary N) is 1. The second-order valence-electron chi connectivity index (χ2n) is 6.77. The molecule has 6 nitrogen and oxygen atoms in total. The van der Waals surface area contributed by atoms with Gasteiger partial charge in [-0.2, -0.15) is 0 Å². The van der Waals surface area contributed by atoms with Gasteiger partial charge in [-0.15, -0.1) is 0 Å². The molecule has 2 heterocycles. The van der Waals surface area contributed by atoms with Crippen molar-refractivity contribution in [3.8, 4) is 0 Å². The Balaban J connectivity index is 1.45. The van der Waals surface area contributed by atoms with Gasteiger partial charge in [-0.1, -0.05) is 12.1 Å². The first kappa shape index (κ1) is 18.2. The maximum atomic E-state index is 14.4. The zero-order chi connectivity index (χ0) is 19.7. The third kappa shape index (κ3) is 3.49. The molecule has 1 amide bonds. The molecule has 1 aliphatic heterocycles. The summed E-state index contributed by atoms with van der Waals surface area (Å²) in [6, 6.07) is 9.14. The van der Waals surface area contributed by atoms with Gasteiger partial charge >= 0.3 is 5.76 Å². The Labute approximate surface area is 159 Å². The molecule has 146 valence electrons. The fraction of sp³-hybridized carbons (Fsp3) is 0.300. The summed E-state index contributed by atoms with van der Waals surface area (Å²) in [6.07, 6.45) is 1.76. The second kappa shape index (κ2) is 7.46. The molecule has 1 N–H and O–H groups in total. The fourth-order valence-electron chi connectivity index (χ4n) is 3.54. The number of amides is 1. The Hall–Kier alpha value is -3.16. The number of aromatic nitrogens is 1. The highest BCUT2D eigenvalue weighted by molar-refractivity contribution is 5.91. The number of benzene rings is 2. The van der Waals surface area contributed by atoms with E-state index in [2.05, 4.69) is 5.32 Å². The minimum atomic E-state index is -0.700. The van der Waals surface area contributed by atoms with Crippen LogP contribution in [-0.2, 0) is 11.3 Å². The lowest BCUT2D eigenvalue weighted by Gasteiger charge is -2.19. The summed E-state index contributed by atoms with van der Waals surface area (Å²) in [5.41, 5.74) is 1.03. The molecule has 4 rings (SSSR count). The van der Waals surface area contributed by atoms with Crippen molar-refractivity contribution < 1.29 is 18.0 Å². The monoisotopic (exact) mass is 387 g/mol. The van der Waals surface area contributed by atoms with Crippen LogP contribution in [0.5, 0.6) is 0 Å². The van der Waals surface area contributed by atoms with E-state index in [1.54, 1.807) is 29.2 Å². The summed E-state index contributed by atoms with van der Waals surface area (Å²) in [6.45, 7) is 1.33. The van der Waals surface area contributed by atoms with Crippen molar-refractivity contribution in [3.63, 3.8) is 0 Å². The lowest BCUT2D eigenvalue weighted by molar-refractivity contribution is -0.116. The summed E-state index contributed by atoms with van der Waals surface area (Å²) >= 11 is 0. The molecule has 0 bridgehead atoms. The molecule has 8 heteroatoms. The van der Waals surface area contributed by atoms with Crippen molar-refractivity contribution in [2.24, 2.45) is 0 Å². The van der Waals surface area contributed by atoms with Gasteiger partial charge in [-0.05, 0) is 37.1 Å². The predicted molar refractivity (Wildman–Crippen MR) is 102 cm³/mol. The number of anilines is 2. The van der Waals surface area contributed by atoms with Crippen molar-refractivity contribution in [2.45, 2.75) is 25.8 Å². The Bertz CT molecular complexity index is 1060. The number of oxazole rings is 1. The van der Waals surface area contributed by atoms with Gasteiger partial charge in [-0.3, -0.25) is 9.36 Å². The highest BCUT2D eigenvalue weighted by atomic mass is 19.1. The molecule has 1 aromatic heterocycles. The average molecular weight is 387 g/mol. The number of fused-ring (bicyclic) bond motifs is 1. The van der Waals surface area contributed by atoms with E-state index in [1.807, 2.05) is 0 Å². The Morgan fingerprint density at radius 2 is 1.79 bits per heavy atom. The topological polar surface area (TPSA) is 67.5 Å². The Morgan fingerprint density at radius 3 is 2.50 bits per heavy atom. The van der Waals surface area contributed by atoms with E-state index in [0.29, 0.717) is 24.2 Å². The minimum absolute atomic E-state index is 0.0411. The average Bonchev–Trinajstić information content (AvgIpc) is 3.27.